The molecule has 0 bridgehead atoms. The third-order valence-corrected chi connectivity index (χ3v) is 7.31. The second kappa shape index (κ2) is 6.81. The first-order chi connectivity index (χ1) is 15.4. The molecule has 1 fully saturated rings. The third-order valence-electron chi connectivity index (χ3n) is 6.78. The van der Waals surface area contributed by atoms with Gasteiger partial charge >= 0.3 is 7.12 Å². The molecule has 6 rings (SSSR count). The molecule has 0 amide bonds. The van der Waals surface area contributed by atoms with Gasteiger partial charge < -0.3 is 9.31 Å². The average Bonchev–Trinajstić information content (AvgIpc) is 3.35. The molecule has 0 saturated carbocycles. The molecule has 7 heteroatoms. The monoisotopic (exact) mass is 439 g/mol. The molecule has 0 radical (unpaired) electrons. The fourth-order valence-corrected chi connectivity index (χ4v) is 4.93. The molecule has 3 aromatic carbocycles. The van der Waals surface area contributed by atoms with E-state index in [1.54, 1.807) is 0 Å². The first-order valence-electron chi connectivity index (χ1n) is 10.7. The van der Waals surface area contributed by atoms with Crippen molar-refractivity contribution < 1.29 is 9.31 Å². The number of pyridine rings is 1. The molecular weight excluding hydrogens is 417 g/mol. The SMILES string of the molecule is CC1(C)OB(c2cc3c(-c4ccccc4)nc4ccccc4c3c3nsnc23)OC1(C)C. The summed E-state index contributed by atoms with van der Waals surface area (Å²) in [7, 11) is -0.522. The van der Waals surface area contributed by atoms with Crippen molar-refractivity contribution >= 4 is 57.0 Å². The van der Waals surface area contributed by atoms with E-state index in [0.29, 0.717) is 0 Å². The number of fused-ring (bicyclic) bond motifs is 5. The van der Waals surface area contributed by atoms with Crippen LogP contribution in [0.15, 0.2) is 60.7 Å². The quantitative estimate of drug-likeness (QED) is 0.274. The maximum Gasteiger partial charge on any atom is 0.497 e. The highest BCUT2D eigenvalue weighted by Crippen LogP contribution is 2.39. The maximum absolute atomic E-state index is 6.40. The Morgan fingerprint density at radius 1 is 0.781 bits per heavy atom. The van der Waals surface area contributed by atoms with Crippen molar-refractivity contribution in [2.24, 2.45) is 0 Å². The summed E-state index contributed by atoms with van der Waals surface area (Å²) in [6.45, 7) is 8.26. The van der Waals surface area contributed by atoms with E-state index in [4.69, 9.17) is 18.7 Å². The summed E-state index contributed by atoms with van der Waals surface area (Å²) in [4.78, 5) is 5.06. The van der Waals surface area contributed by atoms with Gasteiger partial charge in [0.1, 0.15) is 11.0 Å². The highest BCUT2D eigenvalue weighted by molar-refractivity contribution is 7.00. The van der Waals surface area contributed by atoms with Gasteiger partial charge in [0.25, 0.3) is 0 Å². The van der Waals surface area contributed by atoms with Gasteiger partial charge in [-0.3, -0.25) is 0 Å². The van der Waals surface area contributed by atoms with E-state index < -0.39 is 18.3 Å². The minimum atomic E-state index is -0.522. The standard InChI is InChI=1S/C25H22BN3O2S/c1-24(2)25(3,4)31-26(30-24)18-14-17-20(23-22(18)28-32-29-23)16-12-8-9-13-19(16)27-21(17)15-10-6-5-7-11-15/h5-14H,1-4H3. The molecule has 1 saturated heterocycles. The maximum atomic E-state index is 6.40. The number of nitrogens with zero attached hydrogens (tertiary/aromatic N) is 3. The van der Waals surface area contributed by atoms with Crippen molar-refractivity contribution in [3.8, 4) is 11.3 Å². The van der Waals surface area contributed by atoms with Gasteiger partial charge in [0, 0.05) is 27.2 Å². The predicted octanol–water partition coefficient (Wildman–Crippen LogP) is 5.36. The van der Waals surface area contributed by atoms with Crippen LogP contribution in [0.3, 0.4) is 0 Å². The van der Waals surface area contributed by atoms with Gasteiger partial charge in [-0.15, -0.1) is 0 Å². The third kappa shape index (κ3) is 2.82. The van der Waals surface area contributed by atoms with Gasteiger partial charge in [0.15, 0.2) is 0 Å². The fourth-order valence-electron chi connectivity index (χ4n) is 4.35. The van der Waals surface area contributed by atoms with Crippen molar-refractivity contribution in [1.29, 1.82) is 0 Å². The summed E-state index contributed by atoms with van der Waals surface area (Å²) < 4.78 is 22.2. The van der Waals surface area contributed by atoms with E-state index in [1.807, 2.05) is 30.3 Å². The summed E-state index contributed by atoms with van der Waals surface area (Å²) in [6.07, 6.45) is 0. The van der Waals surface area contributed by atoms with Gasteiger partial charge in [0.2, 0.25) is 0 Å². The highest BCUT2D eigenvalue weighted by atomic mass is 32.1. The van der Waals surface area contributed by atoms with E-state index in [9.17, 15) is 0 Å². The van der Waals surface area contributed by atoms with Gasteiger partial charge in [-0.2, -0.15) is 8.75 Å². The zero-order valence-corrected chi connectivity index (χ0v) is 19.2. The lowest BCUT2D eigenvalue weighted by atomic mass is 9.76. The topological polar surface area (TPSA) is 57.1 Å². The number of para-hydroxylation sites is 1. The van der Waals surface area contributed by atoms with Gasteiger partial charge in [0.05, 0.1) is 34.1 Å². The Bertz CT molecular complexity index is 1480. The minimum Gasteiger partial charge on any atom is -0.399 e. The Kier molecular flexibility index (Phi) is 4.22. The second-order valence-electron chi connectivity index (χ2n) is 9.28. The molecule has 0 spiro atoms. The number of hydrogen-bond acceptors (Lipinski definition) is 6. The van der Waals surface area contributed by atoms with Gasteiger partial charge in [-0.05, 0) is 33.8 Å². The van der Waals surface area contributed by atoms with Crippen LogP contribution in [0.2, 0.25) is 0 Å². The van der Waals surface area contributed by atoms with E-state index in [1.165, 1.54) is 11.7 Å². The number of rotatable bonds is 2. The van der Waals surface area contributed by atoms with Crippen LogP contribution >= 0.6 is 11.7 Å². The Balaban J connectivity index is 1.72. The molecule has 0 aliphatic carbocycles. The van der Waals surface area contributed by atoms with E-state index in [0.717, 1.165) is 49.4 Å². The van der Waals surface area contributed by atoms with E-state index in [-0.39, 0.29) is 0 Å². The number of benzene rings is 3. The first-order valence-corrected chi connectivity index (χ1v) is 11.5. The Hall–Kier alpha value is -2.87. The molecule has 3 heterocycles. The molecule has 2 aromatic heterocycles. The molecule has 5 nitrogen and oxygen atoms in total. The summed E-state index contributed by atoms with van der Waals surface area (Å²) in [5.74, 6) is 0. The van der Waals surface area contributed by atoms with E-state index >= 15 is 0 Å². The molecule has 32 heavy (non-hydrogen) atoms. The van der Waals surface area contributed by atoms with Crippen LogP contribution in [0.5, 0.6) is 0 Å². The van der Waals surface area contributed by atoms with Crippen LogP contribution in [-0.4, -0.2) is 32.1 Å². The van der Waals surface area contributed by atoms with Crippen molar-refractivity contribution in [2.75, 3.05) is 0 Å². The fraction of sp³-hybridized carbons (Fsp3) is 0.240. The number of hydrogen-bond donors (Lipinski definition) is 0. The molecule has 0 atom stereocenters. The van der Waals surface area contributed by atoms with E-state index in [2.05, 4.69) is 62.4 Å². The Morgan fingerprint density at radius 3 is 2.19 bits per heavy atom. The minimum absolute atomic E-state index is 0.438. The molecule has 158 valence electrons. The smallest absolute Gasteiger partial charge is 0.399 e. The van der Waals surface area contributed by atoms with Gasteiger partial charge in [-0.1, -0.05) is 54.6 Å². The van der Waals surface area contributed by atoms with Crippen LogP contribution in [0.4, 0.5) is 0 Å². The number of aromatic nitrogens is 3. The lowest BCUT2D eigenvalue weighted by Gasteiger charge is -2.32. The molecule has 5 aromatic rings. The Labute approximate surface area is 190 Å². The molecule has 1 aliphatic rings. The molecular formula is C25H22BN3O2S. The largest absolute Gasteiger partial charge is 0.497 e. The zero-order valence-electron chi connectivity index (χ0n) is 18.4. The van der Waals surface area contributed by atoms with Crippen molar-refractivity contribution in [3.63, 3.8) is 0 Å². The van der Waals surface area contributed by atoms with Gasteiger partial charge in [-0.25, -0.2) is 4.98 Å². The molecule has 0 unspecified atom stereocenters. The van der Waals surface area contributed by atoms with Crippen molar-refractivity contribution in [3.05, 3.63) is 60.7 Å². The summed E-state index contributed by atoms with van der Waals surface area (Å²) >= 11 is 1.22. The normalized spacial score (nSPS) is 17.6. The summed E-state index contributed by atoms with van der Waals surface area (Å²) in [5.41, 5.74) is 4.64. The van der Waals surface area contributed by atoms with Crippen LogP contribution in [0, 0.1) is 0 Å². The summed E-state index contributed by atoms with van der Waals surface area (Å²) in [6, 6.07) is 20.6. The van der Waals surface area contributed by atoms with Crippen molar-refractivity contribution in [1.82, 2.24) is 13.7 Å². The Morgan fingerprint density at radius 2 is 1.44 bits per heavy atom. The van der Waals surface area contributed by atoms with Crippen LogP contribution in [0.25, 0.3) is 44.0 Å². The lowest BCUT2D eigenvalue weighted by Crippen LogP contribution is -2.41. The van der Waals surface area contributed by atoms with Crippen LogP contribution in [-0.2, 0) is 9.31 Å². The predicted molar refractivity (Wildman–Crippen MR) is 131 cm³/mol. The molecule has 0 N–H and O–H groups in total. The lowest BCUT2D eigenvalue weighted by molar-refractivity contribution is 0.00578. The zero-order chi connectivity index (χ0) is 22.1. The summed E-state index contributed by atoms with van der Waals surface area (Å²) in [5, 5.41) is 3.17. The second-order valence-corrected chi connectivity index (χ2v) is 9.81. The highest BCUT2D eigenvalue weighted by Gasteiger charge is 2.52. The van der Waals surface area contributed by atoms with Crippen molar-refractivity contribution in [2.45, 2.75) is 38.9 Å². The average molecular weight is 439 g/mol. The van der Waals surface area contributed by atoms with Crippen LogP contribution in [0.1, 0.15) is 27.7 Å². The van der Waals surface area contributed by atoms with Crippen LogP contribution < -0.4 is 5.46 Å². The first kappa shape index (κ1) is 19.8. The molecule has 1 aliphatic heterocycles.